The Labute approximate surface area is 279 Å². The Balaban J connectivity index is 1.05. The molecule has 6 rings (SSSR count). The third-order valence-corrected chi connectivity index (χ3v) is 9.83. The lowest BCUT2D eigenvalue weighted by molar-refractivity contribution is -0.138. The summed E-state index contributed by atoms with van der Waals surface area (Å²) in [6.07, 6.45) is -6.31. The van der Waals surface area contributed by atoms with Crippen LogP contribution < -0.4 is 10.2 Å². The standard InChI is InChI=1S/C36H36F6N4O3/c37-35(38,39)26-8-4-23(5-9-26)20-32(47)44-16-12-25(13-17-44)29-2-1-3-31-30(29)22-43-34(49)46(31)28-14-18-45(19-15-28)33(48)21-24-6-10-27(11-7-24)36(40,41)42/h1-11,25,28H,12-22H2,(H,43,49). The van der Waals surface area contributed by atoms with Crippen LogP contribution in [0.1, 0.15) is 65.0 Å². The number of carbonyl (C=O) groups is 3. The first-order chi connectivity index (χ1) is 23.3. The predicted molar refractivity (Wildman–Crippen MR) is 170 cm³/mol. The number of nitrogens with one attached hydrogen (secondary N) is 1. The second-order valence-electron chi connectivity index (χ2n) is 12.9. The summed E-state index contributed by atoms with van der Waals surface area (Å²) in [4.78, 5) is 44.4. The summed E-state index contributed by atoms with van der Waals surface area (Å²) in [6, 6.07) is 14.8. The van der Waals surface area contributed by atoms with Gasteiger partial charge in [-0.25, -0.2) is 4.79 Å². The van der Waals surface area contributed by atoms with Gasteiger partial charge in [-0.15, -0.1) is 0 Å². The molecular formula is C36H36F6N4O3. The van der Waals surface area contributed by atoms with Crippen molar-refractivity contribution in [1.29, 1.82) is 0 Å². The quantitative estimate of drug-likeness (QED) is 0.286. The van der Waals surface area contributed by atoms with E-state index in [1.54, 1.807) is 14.7 Å². The summed E-state index contributed by atoms with van der Waals surface area (Å²) in [6.45, 7) is 2.24. The number of urea groups is 1. The molecule has 0 aromatic heterocycles. The first kappa shape index (κ1) is 34.3. The van der Waals surface area contributed by atoms with Crippen molar-refractivity contribution in [2.45, 2.75) is 69.4 Å². The number of rotatable bonds is 6. The number of likely N-dealkylation sites (tertiary alicyclic amines) is 2. The predicted octanol–water partition coefficient (Wildman–Crippen LogP) is 6.94. The van der Waals surface area contributed by atoms with E-state index in [1.807, 2.05) is 12.1 Å². The number of piperidine rings is 2. The van der Waals surface area contributed by atoms with Crippen LogP contribution in [0.3, 0.4) is 0 Å². The molecule has 0 unspecified atom stereocenters. The van der Waals surface area contributed by atoms with E-state index >= 15 is 0 Å². The van der Waals surface area contributed by atoms with Crippen molar-refractivity contribution >= 4 is 23.5 Å². The molecule has 0 saturated carbocycles. The highest BCUT2D eigenvalue weighted by atomic mass is 19.4. The van der Waals surface area contributed by atoms with Gasteiger partial charge in [-0.05, 0) is 84.2 Å². The van der Waals surface area contributed by atoms with Crippen molar-refractivity contribution < 1.29 is 40.7 Å². The van der Waals surface area contributed by atoms with E-state index in [-0.39, 0.29) is 42.6 Å². The molecule has 0 radical (unpaired) electrons. The molecule has 3 aliphatic heterocycles. The number of fused-ring (bicyclic) bond motifs is 1. The van der Waals surface area contributed by atoms with Crippen LogP contribution in [-0.4, -0.2) is 59.9 Å². The Bertz CT molecular complexity index is 1670. The fraction of sp³-hybridized carbons (Fsp3) is 0.417. The number of nitrogens with zero attached hydrogens (tertiary/aromatic N) is 3. The second kappa shape index (κ2) is 13.8. The highest BCUT2D eigenvalue weighted by Gasteiger charge is 2.36. The monoisotopic (exact) mass is 686 g/mol. The van der Waals surface area contributed by atoms with Crippen molar-refractivity contribution in [3.05, 3.63) is 100 Å². The summed E-state index contributed by atoms with van der Waals surface area (Å²) in [7, 11) is 0. The largest absolute Gasteiger partial charge is 0.416 e. The molecule has 49 heavy (non-hydrogen) atoms. The fourth-order valence-electron chi connectivity index (χ4n) is 7.12. The Kier molecular flexibility index (Phi) is 9.63. The van der Waals surface area contributed by atoms with E-state index in [0.29, 0.717) is 69.5 Å². The number of halogens is 6. The Hall–Kier alpha value is -4.55. The molecule has 3 aliphatic rings. The molecule has 3 heterocycles. The van der Waals surface area contributed by atoms with E-state index in [0.717, 1.165) is 41.1 Å². The van der Waals surface area contributed by atoms with Gasteiger partial charge in [0.25, 0.3) is 0 Å². The Morgan fingerprint density at radius 2 is 1.14 bits per heavy atom. The zero-order chi connectivity index (χ0) is 34.9. The summed E-state index contributed by atoms with van der Waals surface area (Å²) in [5.41, 5.74) is 2.49. The average molecular weight is 687 g/mol. The minimum Gasteiger partial charge on any atom is -0.342 e. The lowest BCUT2D eigenvalue weighted by atomic mass is 9.84. The van der Waals surface area contributed by atoms with E-state index in [2.05, 4.69) is 11.4 Å². The number of benzene rings is 3. The minimum atomic E-state index is -4.44. The summed E-state index contributed by atoms with van der Waals surface area (Å²) in [5.74, 6) is -0.143. The van der Waals surface area contributed by atoms with Gasteiger partial charge in [0.2, 0.25) is 11.8 Å². The topological polar surface area (TPSA) is 73.0 Å². The first-order valence-corrected chi connectivity index (χ1v) is 16.3. The molecule has 0 bridgehead atoms. The normalized spacial score (nSPS) is 17.9. The lowest BCUT2D eigenvalue weighted by Crippen LogP contribution is -2.54. The summed E-state index contributed by atoms with van der Waals surface area (Å²) >= 11 is 0. The number of hydrogen-bond acceptors (Lipinski definition) is 3. The van der Waals surface area contributed by atoms with Crippen LogP contribution in [0.25, 0.3) is 0 Å². The van der Waals surface area contributed by atoms with Gasteiger partial charge in [0.15, 0.2) is 0 Å². The Morgan fingerprint density at radius 1 is 0.673 bits per heavy atom. The zero-order valence-electron chi connectivity index (χ0n) is 26.6. The molecule has 2 saturated heterocycles. The van der Waals surface area contributed by atoms with Gasteiger partial charge in [0, 0.05) is 38.8 Å². The van der Waals surface area contributed by atoms with Crippen LogP contribution in [0.5, 0.6) is 0 Å². The third kappa shape index (κ3) is 7.70. The van der Waals surface area contributed by atoms with Crippen molar-refractivity contribution in [3.8, 4) is 0 Å². The average Bonchev–Trinajstić information content (AvgIpc) is 3.08. The van der Waals surface area contributed by atoms with Gasteiger partial charge < -0.3 is 15.1 Å². The van der Waals surface area contributed by atoms with Gasteiger partial charge in [-0.1, -0.05) is 36.4 Å². The van der Waals surface area contributed by atoms with Gasteiger partial charge >= 0.3 is 18.4 Å². The van der Waals surface area contributed by atoms with Crippen LogP contribution >= 0.6 is 0 Å². The molecule has 3 aromatic carbocycles. The van der Waals surface area contributed by atoms with Crippen LogP contribution in [0.2, 0.25) is 0 Å². The van der Waals surface area contributed by atoms with Gasteiger partial charge in [0.05, 0.1) is 29.7 Å². The zero-order valence-corrected chi connectivity index (χ0v) is 26.6. The third-order valence-electron chi connectivity index (χ3n) is 9.83. The molecule has 2 fully saturated rings. The molecule has 0 atom stereocenters. The summed E-state index contributed by atoms with van der Waals surface area (Å²) < 4.78 is 77.3. The molecule has 0 spiro atoms. The van der Waals surface area contributed by atoms with Gasteiger partial charge in [0.1, 0.15) is 0 Å². The second-order valence-corrected chi connectivity index (χ2v) is 12.9. The highest BCUT2D eigenvalue weighted by Crippen LogP contribution is 2.38. The molecule has 7 nitrogen and oxygen atoms in total. The maximum atomic E-state index is 13.2. The fourth-order valence-corrected chi connectivity index (χ4v) is 7.12. The Morgan fingerprint density at radius 3 is 1.61 bits per heavy atom. The molecular weight excluding hydrogens is 650 g/mol. The summed E-state index contributed by atoms with van der Waals surface area (Å²) in [5, 5.41) is 3.01. The maximum absolute atomic E-state index is 13.2. The van der Waals surface area contributed by atoms with Crippen molar-refractivity contribution in [2.24, 2.45) is 0 Å². The molecule has 0 aliphatic carbocycles. The van der Waals surface area contributed by atoms with Gasteiger partial charge in [-0.3, -0.25) is 14.5 Å². The number of amides is 4. The smallest absolute Gasteiger partial charge is 0.342 e. The molecule has 260 valence electrons. The molecule has 13 heteroatoms. The van der Waals surface area contributed by atoms with Crippen molar-refractivity contribution in [1.82, 2.24) is 15.1 Å². The minimum absolute atomic E-state index is 0.00132. The van der Waals surface area contributed by atoms with E-state index in [9.17, 15) is 40.7 Å². The van der Waals surface area contributed by atoms with Gasteiger partial charge in [-0.2, -0.15) is 26.3 Å². The van der Waals surface area contributed by atoms with Crippen LogP contribution in [0, 0.1) is 0 Å². The maximum Gasteiger partial charge on any atom is 0.416 e. The van der Waals surface area contributed by atoms with Crippen molar-refractivity contribution in [2.75, 3.05) is 31.1 Å². The molecule has 3 aromatic rings. The van der Waals surface area contributed by atoms with E-state index in [1.165, 1.54) is 24.3 Å². The highest BCUT2D eigenvalue weighted by molar-refractivity contribution is 5.96. The van der Waals surface area contributed by atoms with Crippen LogP contribution in [0.4, 0.5) is 36.8 Å². The number of alkyl halides is 6. The number of hydrogen-bond donors (Lipinski definition) is 1. The lowest BCUT2D eigenvalue weighted by Gasteiger charge is -2.42. The van der Waals surface area contributed by atoms with Crippen LogP contribution in [0.15, 0.2) is 66.7 Å². The SMILES string of the molecule is O=C(Cc1ccc(C(F)(F)F)cc1)N1CCC(c2cccc3c2CNC(=O)N3C2CCN(C(=O)Cc3ccc(C(F)(F)F)cc3)CC2)CC1. The molecule has 4 amide bonds. The number of carbonyl (C=O) groups excluding carboxylic acids is 3. The number of anilines is 1. The van der Waals surface area contributed by atoms with E-state index < -0.39 is 23.5 Å². The van der Waals surface area contributed by atoms with Crippen LogP contribution in [-0.2, 0) is 41.3 Å². The first-order valence-electron chi connectivity index (χ1n) is 16.3. The molecule has 1 N–H and O–H groups in total. The van der Waals surface area contributed by atoms with E-state index in [4.69, 9.17) is 0 Å². The van der Waals surface area contributed by atoms with Crippen molar-refractivity contribution in [3.63, 3.8) is 0 Å².